The minimum Gasteiger partial charge on any atom is -0.294 e. The molecular formula is C15H10F2O. The maximum absolute atomic E-state index is 13.3. The van der Waals surface area contributed by atoms with Crippen molar-refractivity contribution in [3.63, 3.8) is 0 Å². The smallest absolute Gasteiger partial charge is 0.164 e. The van der Waals surface area contributed by atoms with Crippen molar-refractivity contribution in [3.05, 3.63) is 70.8 Å². The lowest BCUT2D eigenvalue weighted by Gasteiger charge is -2.11. The van der Waals surface area contributed by atoms with E-state index in [-0.39, 0.29) is 23.3 Å². The largest absolute Gasteiger partial charge is 0.294 e. The molecule has 0 amide bonds. The van der Waals surface area contributed by atoms with Crippen LogP contribution in [0.5, 0.6) is 0 Å². The monoisotopic (exact) mass is 244 g/mol. The summed E-state index contributed by atoms with van der Waals surface area (Å²) in [6, 6.07) is 10.2. The number of carbonyl (C=O) groups excluding carboxylic acids is 1. The van der Waals surface area contributed by atoms with Crippen molar-refractivity contribution in [2.45, 2.75) is 12.3 Å². The first-order valence-electron chi connectivity index (χ1n) is 5.73. The van der Waals surface area contributed by atoms with Crippen LogP contribution in [0.2, 0.25) is 0 Å². The third-order valence-corrected chi connectivity index (χ3v) is 3.35. The summed E-state index contributed by atoms with van der Waals surface area (Å²) in [6.45, 7) is 0. The van der Waals surface area contributed by atoms with Crippen molar-refractivity contribution in [2.75, 3.05) is 0 Å². The first-order valence-corrected chi connectivity index (χ1v) is 5.73. The first kappa shape index (κ1) is 11.1. The molecule has 1 aliphatic carbocycles. The molecule has 0 saturated carbocycles. The third-order valence-electron chi connectivity index (χ3n) is 3.35. The van der Waals surface area contributed by atoms with E-state index < -0.39 is 0 Å². The average Bonchev–Trinajstić information content (AvgIpc) is 2.67. The van der Waals surface area contributed by atoms with Gasteiger partial charge < -0.3 is 0 Å². The number of rotatable bonds is 1. The Bertz CT molecular complexity index is 617. The van der Waals surface area contributed by atoms with Crippen LogP contribution < -0.4 is 0 Å². The van der Waals surface area contributed by atoms with E-state index in [9.17, 15) is 13.6 Å². The van der Waals surface area contributed by atoms with Crippen LogP contribution in [0.3, 0.4) is 0 Å². The summed E-state index contributed by atoms with van der Waals surface area (Å²) < 4.78 is 26.2. The Kier molecular flexibility index (Phi) is 2.47. The quantitative estimate of drug-likeness (QED) is 0.747. The van der Waals surface area contributed by atoms with Gasteiger partial charge in [-0.3, -0.25) is 4.79 Å². The number of benzene rings is 2. The molecule has 90 valence electrons. The van der Waals surface area contributed by atoms with Gasteiger partial charge in [0.15, 0.2) is 5.78 Å². The summed E-state index contributed by atoms with van der Waals surface area (Å²) in [5, 5.41) is 0. The van der Waals surface area contributed by atoms with Crippen LogP contribution >= 0.6 is 0 Å². The van der Waals surface area contributed by atoms with E-state index in [4.69, 9.17) is 0 Å². The molecule has 3 rings (SSSR count). The van der Waals surface area contributed by atoms with E-state index in [1.807, 2.05) is 0 Å². The number of Topliss-reactive ketones (excluding diaryl/α,β-unsaturated/α-hetero) is 1. The van der Waals surface area contributed by atoms with Gasteiger partial charge in [-0.2, -0.15) is 0 Å². The lowest BCUT2D eigenvalue weighted by atomic mass is 9.93. The Hall–Kier alpha value is -2.03. The predicted octanol–water partition coefficient (Wildman–Crippen LogP) is 3.68. The average molecular weight is 244 g/mol. The Morgan fingerprint density at radius 2 is 1.61 bits per heavy atom. The second-order valence-electron chi connectivity index (χ2n) is 4.46. The Morgan fingerprint density at radius 3 is 2.33 bits per heavy atom. The van der Waals surface area contributed by atoms with Gasteiger partial charge in [0.1, 0.15) is 11.6 Å². The van der Waals surface area contributed by atoms with Gasteiger partial charge in [0.05, 0.1) is 0 Å². The molecule has 0 N–H and O–H groups in total. The topological polar surface area (TPSA) is 17.1 Å². The molecule has 0 saturated heterocycles. The van der Waals surface area contributed by atoms with E-state index in [1.165, 1.54) is 30.3 Å². The van der Waals surface area contributed by atoms with Crippen LogP contribution in [0.1, 0.15) is 33.8 Å². The van der Waals surface area contributed by atoms with Gasteiger partial charge in [0, 0.05) is 17.9 Å². The van der Waals surface area contributed by atoms with Crippen molar-refractivity contribution in [2.24, 2.45) is 0 Å². The van der Waals surface area contributed by atoms with E-state index in [0.29, 0.717) is 17.5 Å². The third kappa shape index (κ3) is 1.72. The van der Waals surface area contributed by atoms with Crippen LogP contribution in [-0.4, -0.2) is 5.78 Å². The number of carbonyl (C=O) groups is 1. The molecule has 0 aliphatic heterocycles. The molecule has 0 fully saturated rings. The summed E-state index contributed by atoms with van der Waals surface area (Å²) >= 11 is 0. The SMILES string of the molecule is O=C1C[C@H](c2ccc(F)cc2)c2cc(F)ccc21. The van der Waals surface area contributed by atoms with E-state index in [0.717, 1.165) is 5.56 Å². The highest BCUT2D eigenvalue weighted by molar-refractivity contribution is 6.01. The van der Waals surface area contributed by atoms with Crippen LogP contribution in [0.25, 0.3) is 0 Å². The molecule has 1 aliphatic rings. The zero-order valence-corrected chi connectivity index (χ0v) is 9.49. The molecule has 3 heteroatoms. The van der Waals surface area contributed by atoms with Crippen molar-refractivity contribution in [1.29, 1.82) is 0 Å². The van der Waals surface area contributed by atoms with Gasteiger partial charge in [-0.15, -0.1) is 0 Å². The number of halogens is 2. The lowest BCUT2D eigenvalue weighted by molar-refractivity contribution is 0.0991. The van der Waals surface area contributed by atoms with Crippen molar-refractivity contribution < 1.29 is 13.6 Å². The highest BCUT2D eigenvalue weighted by atomic mass is 19.1. The van der Waals surface area contributed by atoms with Crippen LogP contribution in [0.4, 0.5) is 8.78 Å². The summed E-state index contributed by atoms with van der Waals surface area (Å²) in [5.41, 5.74) is 2.12. The maximum Gasteiger partial charge on any atom is 0.164 e. The molecule has 18 heavy (non-hydrogen) atoms. The molecule has 0 aromatic heterocycles. The number of hydrogen-bond donors (Lipinski definition) is 0. The van der Waals surface area contributed by atoms with E-state index in [2.05, 4.69) is 0 Å². The standard InChI is InChI=1S/C15H10F2O/c16-10-3-1-9(2-4-10)13-8-15(18)12-6-5-11(17)7-14(12)13/h1-7,13H,8H2/t13-/m1/s1. The van der Waals surface area contributed by atoms with Crippen LogP contribution in [0.15, 0.2) is 42.5 Å². The molecule has 0 heterocycles. The predicted molar refractivity (Wildman–Crippen MR) is 63.6 cm³/mol. The molecule has 1 atom stereocenters. The fraction of sp³-hybridized carbons (Fsp3) is 0.133. The molecule has 2 aromatic rings. The Labute approximate surface area is 103 Å². The number of fused-ring (bicyclic) bond motifs is 1. The highest BCUT2D eigenvalue weighted by Gasteiger charge is 2.30. The summed E-state index contributed by atoms with van der Waals surface area (Å²) in [7, 11) is 0. The zero-order valence-electron chi connectivity index (χ0n) is 9.49. The summed E-state index contributed by atoms with van der Waals surface area (Å²) in [6.07, 6.45) is 0.324. The lowest BCUT2D eigenvalue weighted by Crippen LogP contribution is -1.97. The fourth-order valence-electron chi connectivity index (χ4n) is 2.47. The van der Waals surface area contributed by atoms with Crippen LogP contribution in [0, 0.1) is 11.6 Å². The highest BCUT2D eigenvalue weighted by Crippen LogP contribution is 2.38. The first-order chi connectivity index (χ1) is 8.65. The van der Waals surface area contributed by atoms with Crippen molar-refractivity contribution >= 4 is 5.78 Å². The minimum atomic E-state index is -0.351. The zero-order chi connectivity index (χ0) is 12.7. The minimum absolute atomic E-state index is 0.0133. The molecular weight excluding hydrogens is 234 g/mol. The second kappa shape index (κ2) is 4.02. The fourth-order valence-corrected chi connectivity index (χ4v) is 2.47. The maximum atomic E-state index is 13.3. The molecule has 2 aromatic carbocycles. The van der Waals surface area contributed by atoms with Gasteiger partial charge in [-0.25, -0.2) is 8.78 Å². The van der Waals surface area contributed by atoms with Gasteiger partial charge in [-0.05, 0) is 41.5 Å². The van der Waals surface area contributed by atoms with Crippen LogP contribution in [-0.2, 0) is 0 Å². The molecule has 0 unspecified atom stereocenters. The normalized spacial score (nSPS) is 17.9. The number of ketones is 1. The van der Waals surface area contributed by atoms with Gasteiger partial charge >= 0.3 is 0 Å². The Morgan fingerprint density at radius 1 is 0.944 bits per heavy atom. The molecule has 0 spiro atoms. The summed E-state index contributed by atoms with van der Waals surface area (Å²) in [4.78, 5) is 11.8. The van der Waals surface area contributed by atoms with E-state index >= 15 is 0 Å². The van der Waals surface area contributed by atoms with E-state index in [1.54, 1.807) is 12.1 Å². The Balaban J connectivity index is 2.09. The summed E-state index contributed by atoms with van der Waals surface area (Å²) in [5.74, 6) is -0.818. The number of hydrogen-bond acceptors (Lipinski definition) is 1. The molecule has 0 radical (unpaired) electrons. The van der Waals surface area contributed by atoms with Gasteiger partial charge in [0.2, 0.25) is 0 Å². The van der Waals surface area contributed by atoms with Gasteiger partial charge in [-0.1, -0.05) is 12.1 Å². The molecule has 0 bridgehead atoms. The van der Waals surface area contributed by atoms with Gasteiger partial charge in [0.25, 0.3) is 0 Å². The van der Waals surface area contributed by atoms with Crippen molar-refractivity contribution in [3.8, 4) is 0 Å². The van der Waals surface area contributed by atoms with Crippen molar-refractivity contribution in [1.82, 2.24) is 0 Å². The molecule has 1 nitrogen and oxygen atoms in total. The second-order valence-corrected chi connectivity index (χ2v) is 4.46.